The van der Waals surface area contributed by atoms with Gasteiger partial charge in [-0.2, -0.15) is 0 Å². The average Bonchev–Trinajstić information content (AvgIpc) is 3.46. The molecule has 0 radical (unpaired) electrons. The van der Waals surface area contributed by atoms with Gasteiger partial charge in [-0.25, -0.2) is 18.1 Å². The largest absolute Gasteiger partial charge is 0.308 e. The molecule has 1 N–H and O–H groups in total. The van der Waals surface area contributed by atoms with E-state index in [-0.39, 0.29) is 10.8 Å². The van der Waals surface area contributed by atoms with Crippen LogP contribution in [0.2, 0.25) is 0 Å². The van der Waals surface area contributed by atoms with Crippen LogP contribution in [0.25, 0.3) is 5.65 Å². The highest BCUT2D eigenvalue weighted by atomic mass is 32.2. The Morgan fingerprint density at radius 3 is 2.70 bits per heavy atom. The van der Waals surface area contributed by atoms with Crippen LogP contribution >= 0.6 is 11.8 Å². The number of hydrogen-bond donors (Lipinski definition) is 1. The number of rotatable bonds is 6. The summed E-state index contributed by atoms with van der Waals surface area (Å²) in [6.07, 6.45) is 4.63. The van der Waals surface area contributed by atoms with Crippen molar-refractivity contribution in [3.8, 4) is 0 Å². The molecule has 2 aromatic carbocycles. The first-order chi connectivity index (χ1) is 15.9. The van der Waals surface area contributed by atoms with E-state index in [2.05, 4.69) is 9.71 Å². The second-order valence-electron chi connectivity index (χ2n) is 7.72. The van der Waals surface area contributed by atoms with Gasteiger partial charge in [-0.1, -0.05) is 6.07 Å². The number of anilines is 1. The molecule has 0 unspecified atom stereocenters. The third-order valence-corrected chi connectivity index (χ3v) is 8.13. The molecule has 0 saturated carbocycles. The van der Waals surface area contributed by atoms with Crippen molar-refractivity contribution >= 4 is 39.0 Å². The Kier molecular flexibility index (Phi) is 5.69. The smallest absolute Gasteiger partial charge is 0.258 e. The zero-order chi connectivity index (χ0) is 23.0. The molecule has 0 fully saturated rings. The van der Waals surface area contributed by atoms with Crippen LogP contribution in [-0.2, 0) is 22.2 Å². The number of hydrogen-bond acceptors (Lipinski definition) is 5. The van der Waals surface area contributed by atoms with Crippen LogP contribution in [0.4, 0.5) is 5.69 Å². The summed E-state index contributed by atoms with van der Waals surface area (Å²) in [5.74, 6) is 0.654. The van der Waals surface area contributed by atoms with E-state index in [9.17, 15) is 13.2 Å². The molecule has 1 aliphatic rings. The zero-order valence-electron chi connectivity index (χ0n) is 17.9. The third-order valence-electron chi connectivity index (χ3n) is 5.67. The van der Waals surface area contributed by atoms with Crippen LogP contribution in [0.1, 0.15) is 21.6 Å². The molecule has 1 amide bonds. The Morgan fingerprint density at radius 2 is 1.94 bits per heavy atom. The van der Waals surface area contributed by atoms with E-state index in [4.69, 9.17) is 0 Å². The van der Waals surface area contributed by atoms with E-state index in [1.54, 1.807) is 28.8 Å². The summed E-state index contributed by atoms with van der Waals surface area (Å²) < 4.78 is 28.4. The number of benzene rings is 2. The van der Waals surface area contributed by atoms with Gasteiger partial charge in [0.1, 0.15) is 5.65 Å². The van der Waals surface area contributed by atoms with E-state index < -0.39 is 10.0 Å². The zero-order valence-corrected chi connectivity index (χ0v) is 19.6. The molecule has 33 heavy (non-hydrogen) atoms. The van der Waals surface area contributed by atoms with E-state index in [1.807, 2.05) is 59.3 Å². The van der Waals surface area contributed by atoms with Crippen molar-refractivity contribution in [2.24, 2.45) is 0 Å². The maximum atomic E-state index is 13.1. The van der Waals surface area contributed by atoms with Gasteiger partial charge in [0.25, 0.3) is 5.91 Å². The molecule has 0 saturated heterocycles. The van der Waals surface area contributed by atoms with Crippen molar-refractivity contribution in [3.63, 3.8) is 0 Å². The molecule has 0 spiro atoms. The number of nitrogens with zero attached hydrogens (tertiary/aromatic N) is 3. The van der Waals surface area contributed by atoms with Gasteiger partial charge in [0.15, 0.2) is 0 Å². The molecular weight excluding hydrogens is 456 g/mol. The number of thioether (sulfide) groups is 1. The minimum Gasteiger partial charge on any atom is -0.308 e. The molecule has 0 atom stereocenters. The lowest BCUT2D eigenvalue weighted by molar-refractivity contribution is 0.0989. The van der Waals surface area contributed by atoms with Crippen LogP contribution in [0, 0.1) is 0 Å². The minimum absolute atomic E-state index is 0.0881. The van der Waals surface area contributed by atoms with E-state index in [0.717, 1.165) is 33.2 Å². The SMILES string of the molecule is CNS(=O)(=O)c1ccc2c(c1)CCN2C(=O)c1ccc(SCc2cn3ccccc3n2)cc1. The predicted molar refractivity (Wildman–Crippen MR) is 129 cm³/mol. The van der Waals surface area contributed by atoms with Gasteiger partial charge in [-0.05, 0) is 73.6 Å². The highest BCUT2D eigenvalue weighted by Crippen LogP contribution is 2.32. The van der Waals surface area contributed by atoms with Gasteiger partial charge in [-0.15, -0.1) is 11.8 Å². The van der Waals surface area contributed by atoms with Gasteiger partial charge < -0.3 is 9.30 Å². The summed E-state index contributed by atoms with van der Waals surface area (Å²) in [7, 11) is -2.12. The number of sulfonamides is 1. The topological polar surface area (TPSA) is 83.8 Å². The molecule has 0 aliphatic carbocycles. The number of amides is 1. The van der Waals surface area contributed by atoms with Gasteiger partial charge in [0.05, 0.1) is 10.6 Å². The predicted octanol–water partition coefficient (Wildman–Crippen LogP) is 3.74. The summed E-state index contributed by atoms with van der Waals surface area (Å²) in [5, 5.41) is 0. The fourth-order valence-corrected chi connectivity index (χ4v) is 5.50. The van der Waals surface area contributed by atoms with Gasteiger partial charge in [0, 0.05) is 40.8 Å². The highest BCUT2D eigenvalue weighted by molar-refractivity contribution is 7.98. The summed E-state index contributed by atoms with van der Waals surface area (Å²) >= 11 is 1.67. The van der Waals surface area contributed by atoms with E-state index in [0.29, 0.717) is 18.5 Å². The van der Waals surface area contributed by atoms with Crippen molar-refractivity contribution in [2.75, 3.05) is 18.5 Å². The Labute approximate surface area is 196 Å². The van der Waals surface area contributed by atoms with Gasteiger partial charge >= 0.3 is 0 Å². The molecule has 4 aromatic rings. The molecule has 5 rings (SSSR count). The van der Waals surface area contributed by atoms with Crippen molar-refractivity contribution in [1.82, 2.24) is 14.1 Å². The Morgan fingerprint density at radius 1 is 1.12 bits per heavy atom. The van der Waals surface area contributed by atoms with Crippen molar-refractivity contribution in [1.29, 1.82) is 0 Å². The molecule has 7 nitrogen and oxygen atoms in total. The summed E-state index contributed by atoms with van der Waals surface area (Å²) in [6.45, 7) is 0.529. The fourth-order valence-electron chi connectivity index (χ4n) is 3.94. The maximum Gasteiger partial charge on any atom is 0.258 e. The second-order valence-corrected chi connectivity index (χ2v) is 10.7. The van der Waals surface area contributed by atoms with Crippen molar-refractivity contribution in [3.05, 3.63) is 89.9 Å². The summed E-state index contributed by atoms with van der Waals surface area (Å²) in [6, 6.07) is 18.4. The highest BCUT2D eigenvalue weighted by Gasteiger charge is 2.27. The number of fused-ring (bicyclic) bond motifs is 2. The number of aromatic nitrogens is 2. The number of imidazole rings is 1. The van der Waals surface area contributed by atoms with Gasteiger partial charge in [0.2, 0.25) is 10.0 Å². The Bertz CT molecular complexity index is 1410. The molecule has 2 aromatic heterocycles. The first-order valence-electron chi connectivity index (χ1n) is 10.5. The summed E-state index contributed by atoms with van der Waals surface area (Å²) in [4.78, 5) is 20.7. The molecule has 168 valence electrons. The van der Waals surface area contributed by atoms with Crippen molar-refractivity contribution < 1.29 is 13.2 Å². The van der Waals surface area contributed by atoms with E-state index in [1.165, 1.54) is 13.1 Å². The molecule has 9 heteroatoms. The van der Waals surface area contributed by atoms with Crippen LogP contribution in [-0.4, -0.2) is 37.3 Å². The van der Waals surface area contributed by atoms with Crippen LogP contribution in [0.5, 0.6) is 0 Å². The van der Waals surface area contributed by atoms with Crippen molar-refractivity contribution in [2.45, 2.75) is 22.0 Å². The Balaban J connectivity index is 1.27. The normalized spacial score (nSPS) is 13.4. The second kappa shape index (κ2) is 8.66. The number of carbonyl (C=O) groups excluding carboxylic acids is 1. The van der Waals surface area contributed by atoms with Gasteiger partial charge in [-0.3, -0.25) is 4.79 Å². The quantitative estimate of drug-likeness (QED) is 0.427. The average molecular weight is 479 g/mol. The monoisotopic (exact) mass is 478 g/mol. The fraction of sp³-hybridized carbons (Fsp3) is 0.167. The lowest BCUT2D eigenvalue weighted by Gasteiger charge is -2.18. The minimum atomic E-state index is -3.51. The molecule has 3 heterocycles. The summed E-state index contributed by atoms with van der Waals surface area (Å²) in [5.41, 5.74) is 4.15. The third kappa shape index (κ3) is 4.27. The molecule has 0 bridgehead atoms. The lowest BCUT2D eigenvalue weighted by Crippen LogP contribution is -2.28. The number of pyridine rings is 1. The standard InChI is InChI=1S/C24H22N4O3S2/c1-25-33(30,31)21-9-10-22-18(14-21)11-13-28(22)24(29)17-5-7-20(8-6-17)32-16-19-15-27-12-3-2-4-23(27)26-19/h2-10,12,14-15,25H,11,13,16H2,1H3. The van der Waals surface area contributed by atoms with Crippen LogP contribution in [0.3, 0.4) is 0 Å². The maximum absolute atomic E-state index is 13.1. The number of carbonyl (C=O) groups is 1. The Hall–Kier alpha value is -3.14. The van der Waals surface area contributed by atoms with Crippen LogP contribution in [0.15, 0.2) is 82.8 Å². The van der Waals surface area contributed by atoms with Crippen LogP contribution < -0.4 is 9.62 Å². The number of nitrogens with one attached hydrogen (secondary N) is 1. The van der Waals surface area contributed by atoms with E-state index >= 15 is 0 Å². The molecule has 1 aliphatic heterocycles. The molecular formula is C24H22N4O3S2. The first kappa shape index (κ1) is 21.7. The first-order valence-corrected chi connectivity index (χ1v) is 13.0. The lowest BCUT2D eigenvalue weighted by atomic mass is 10.1.